The molecule has 0 atom stereocenters. The second kappa shape index (κ2) is 13.3. The molecule has 6 heteroatoms. The van der Waals surface area contributed by atoms with Crippen LogP contribution in [0.1, 0.15) is 89.0 Å². The lowest BCUT2D eigenvalue weighted by molar-refractivity contribution is -0.275. The summed E-state index contributed by atoms with van der Waals surface area (Å²) in [5, 5.41) is 0. The zero-order chi connectivity index (χ0) is 26.3. The van der Waals surface area contributed by atoms with Crippen molar-refractivity contribution in [2.45, 2.75) is 108 Å². The number of benzene rings is 2. The summed E-state index contributed by atoms with van der Waals surface area (Å²) in [5.41, 5.74) is 2.64. The first-order valence-corrected chi connectivity index (χ1v) is 16.9. The predicted molar refractivity (Wildman–Crippen MR) is 146 cm³/mol. The molecule has 0 radical (unpaired) electrons. The summed E-state index contributed by atoms with van der Waals surface area (Å²) in [6.45, 7) is 2.30. The zero-order valence-corrected chi connectivity index (χ0v) is 23.3. The van der Waals surface area contributed by atoms with Crippen LogP contribution in [0, 0.1) is 17.7 Å². The quantitative estimate of drug-likeness (QED) is 0.167. The number of alkyl halides is 3. The molecule has 0 spiro atoms. The zero-order valence-electron chi connectivity index (χ0n) is 22.2. The molecule has 1 heterocycles. The largest absolute Gasteiger partial charge is 0.573 e. The van der Waals surface area contributed by atoms with Crippen molar-refractivity contribution in [1.29, 1.82) is 0 Å². The van der Waals surface area contributed by atoms with Crippen molar-refractivity contribution in [1.82, 2.24) is 0 Å². The minimum atomic E-state index is -4.91. The summed E-state index contributed by atoms with van der Waals surface area (Å²) in [7, 11) is -0.401. The van der Waals surface area contributed by atoms with Crippen LogP contribution in [0.25, 0.3) is 11.1 Å². The van der Waals surface area contributed by atoms with Crippen molar-refractivity contribution in [3.63, 3.8) is 0 Å². The van der Waals surface area contributed by atoms with Crippen molar-refractivity contribution in [2.75, 3.05) is 0 Å². The van der Waals surface area contributed by atoms with Gasteiger partial charge in [0.1, 0.15) is 0 Å². The van der Waals surface area contributed by atoms with Gasteiger partial charge in [-0.3, -0.25) is 0 Å². The summed E-state index contributed by atoms with van der Waals surface area (Å²) in [4.78, 5) is 0. The van der Waals surface area contributed by atoms with Gasteiger partial charge in [-0.1, -0.05) is 100 Å². The lowest BCUT2D eigenvalue weighted by Crippen LogP contribution is -2.22. The third kappa shape index (κ3) is 8.59. The molecule has 37 heavy (non-hydrogen) atoms. The van der Waals surface area contributed by atoms with Crippen LogP contribution in [0.4, 0.5) is 17.6 Å². The third-order valence-corrected chi connectivity index (χ3v) is 12.4. The van der Waals surface area contributed by atoms with E-state index in [0.29, 0.717) is 11.5 Å². The Morgan fingerprint density at radius 2 is 1.43 bits per heavy atom. The van der Waals surface area contributed by atoms with Gasteiger partial charge in [0.2, 0.25) is 0 Å². The molecule has 0 unspecified atom stereocenters. The van der Waals surface area contributed by atoms with Crippen molar-refractivity contribution in [3.05, 3.63) is 53.8 Å². The monoisotopic (exact) mass is 534 g/mol. The maximum absolute atomic E-state index is 14.1. The molecular weight excluding hydrogens is 492 g/mol. The van der Waals surface area contributed by atoms with Gasteiger partial charge in [0.05, 0.1) is 0 Å². The highest BCUT2D eigenvalue weighted by molar-refractivity contribution is 6.58. The minimum absolute atomic E-state index is 0.401. The molecule has 0 N–H and O–H groups in total. The average molecular weight is 535 g/mol. The van der Waals surface area contributed by atoms with Crippen LogP contribution in [0.15, 0.2) is 42.5 Å². The van der Waals surface area contributed by atoms with Crippen molar-refractivity contribution in [3.8, 4) is 16.9 Å². The number of ether oxygens (including phenoxy) is 1. The van der Waals surface area contributed by atoms with Crippen LogP contribution >= 0.6 is 0 Å². The molecule has 0 amide bonds. The van der Waals surface area contributed by atoms with Gasteiger partial charge >= 0.3 is 6.36 Å². The van der Waals surface area contributed by atoms with Gasteiger partial charge in [0.15, 0.2) is 11.6 Å². The number of halogens is 4. The Morgan fingerprint density at radius 3 is 2.03 bits per heavy atom. The average Bonchev–Trinajstić information content (AvgIpc) is 2.89. The van der Waals surface area contributed by atoms with Gasteiger partial charge in [-0.15, -0.1) is 13.2 Å². The molecule has 204 valence electrons. The third-order valence-electron chi connectivity index (χ3n) is 8.89. The highest BCUT2D eigenvalue weighted by atomic mass is 28.3. The maximum Gasteiger partial charge on any atom is 0.573 e. The summed E-state index contributed by atoms with van der Waals surface area (Å²) in [6, 6.07) is 16.5. The predicted octanol–water partition coefficient (Wildman–Crippen LogP) is 10.3. The Kier molecular flexibility index (Phi) is 10.1. The number of unbranched alkanes of at least 4 members (excludes halogenated alkanes) is 2. The first-order valence-electron chi connectivity index (χ1n) is 14.5. The van der Waals surface area contributed by atoms with Crippen LogP contribution in [0.3, 0.4) is 0 Å². The van der Waals surface area contributed by atoms with Crippen LogP contribution in [0.5, 0.6) is 5.75 Å². The van der Waals surface area contributed by atoms with E-state index in [-0.39, 0.29) is 0 Å². The van der Waals surface area contributed by atoms with Crippen LogP contribution in [0.2, 0.25) is 18.1 Å². The molecule has 0 aromatic heterocycles. The highest BCUT2D eigenvalue weighted by Crippen LogP contribution is 2.40. The second-order valence-corrected chi connectivity index (χ2v) is 15.0. The van der Waals surface area contributed by atoms with Gasteiger partial charge in [0, 0.05) is 8.80 Å². The fraction of sp³-hybridized carbons (Fsp3) is 0.613. The van der Waals surface area contributed by atoms with Gasteiger partial charge in [-0.05, 0) is 72.3 Å². The number of hydrogen-bond donors (Lipinski definition) is 0. The van der Waals surface area contributed by atoms with E-state index in [9.17, 15) is 17.6 Å². The van der Waals surface area contributed by atoms with E-state index in [2.05, 4.69) is 23.8 Å². The van der Waals surface area contributed by atoms with E-state index >= 15 is 0 Å². The summed E-state index contributed by atoms with van der Waals surface area (Å²) in [6.07, 6.45) is 10.3. The molecule has 2 aromatic carbocycles. The van der Waals surface area contributed by atoms with Gasteiger partial charge in [-0.2, -0.15) is 0 Å². The first-order chi connectivity index (χ1) is 17.8. The summed E-state index contributed by atoms with van der Waals surface area (Å²) in [5.74, 6) is 0.602. The topological polar surface area (TPSA) is 9.23 Å². The Labute approximate surface area is 221 Å². The van der Waals surface area contributed by atoms with Crippen molar-refractivity contribution >= 4 is 8.80 Å². The molecule has 1 aliphatic heterocycles. The normalized spacial score (nSPS) is 24.7. The molecule has 1 saturated heterocycles. The van der Waals surface area contributed by atoms with E-state index in [0.717, 1.165) is 29.5 Å². The van der Waals surface area contributed by atoms with E-state index in [1.165, 1.54) is 82.3 Å². The molecule has 2 aromatic rings. The first kappa shape index (κ1) is 28.2. The van der Waals surface area contributed by atoms with Crippen LogP contribution in [-0.2, 0) is 0 Å². The fourth-order valence-corrected chi connectivity index (χ4v) is 10.2. The SMILES string of the molecule is CCCCC[Si@H]1CC[C@H](CCC2CCC(c3ccc(-c4ccc(OC(F)(F)F)c(F)c4)cc3)CC2)CC1. The van der Waals surface area contributed by atoms with E-state index in [1.807, 2.05) is 12.1 Å². The van der Waals surface area contributed by atoms with E-state index in [4.69, 9.17) is 0 Å². The van der Waals surface area contributed by atoms with Crippen LogP contribution < -0.4 is 4.74 Å². The summed E-state index contributed by atoms with van der Waals surface area (Å²) >= 11 is 0. The summed E-state index contributed by atoms with van der Waals surface area (Å²) < 4.78 is 55.0. The second-order valence-electron chi connectivity index (χ2n) is 11.5. The highest BCUT2D eigenvalue weighted by Gasteiger charge is 2.32. The van der Waals surface area contributed by atoms with Crippen LogP contribution in [-0.4, -0.2) is 15.2 Å². The molecule has 1 nitrogen and oxygen atoms in total. The molecule has 1 aliphatic carbocycles. The number of hydrogen-bond acceptors (Lipinski definition) is 1. The van der Waals surface area contributed by atoms with Gasteiger partial charge < -0.3 is 4.74 Å². The molecule has 2 aliphatic rings. The van der Waals surface area contributed by atoms with E-state index in [1.54, 1.807) is 18.1 Å². The Bertz CT molecular complexity index is 958. The molecule has 4 rings (SSSR count). The Morgan fingerprint density at radius 1 is 0.811 bits per heavy atom. The van der Waals surface area contributed by atoms with Crippen molar-refractivity contribution < 1.29 is 22.3 Å². The lowest BCUT2D eigenvalue weighted by atomic mass is 9.76. The van der Waals surface area contributed by atoms with Gasteiger partial charge in [-0.25, -0.2) is 4.39 Å². The van der Waals surface area contributed by atoms with Crippen molar-refractivity contribution in [2.24, 2.45) is 11.8 Å². The lowest BCUT2D eigenvalue weighted by Gasteiger charge is -2.32. The maximum atomic E-state index is 14.1. The minimum Gasteiger partial charge on any atom is -0.403 e. The van der Waals surface area contributed by atoms with E-state index < -0.39 is 26.7 Å². The molecular formula is C31H42F4OSi. The molecule has 2 fully saturated rings. The molecule has 1 saturated carbocycles. The number of rotatable bonds is 10. The standard InChI is InChI=1S/C31H42F4OSi/c1-2-3-4-19-37-20-17-24(18-21-37)6-5-23-7-9-25(10-8-23)26-11-13-27(14-12-26)28-15-16-30(29(32)22-28)36-31(33,34)35/h11-16,22-25,37H,2-10,17-21H2,1H3/t23?,24-,25?,37-. The van der Waals surface area contributed by atoms with Gasteiger partial charge in [0.25, 0.3) is 0 Å². The smallest absolute Gasteiger partial charge is 0.403 e. The Balaban J connectivity index is 1.20. The fourth-order valence-electron chi connectivity index (χ4n) is 6.58. The Hall–Kier alpha value is -1.82. The molecule has 0 bridgehead atoms.